The van der Waals surface area contributed by atoms with Crippen molar-refractivity contribution in [2.75, 3.05) is 34.4 Å². The van der Waals surface area contributed by atoms with Crippen molar-refractivity contribution in [2.24, 2.45) is 5.92 Å². The van der Waals surface area contributed by atoms with Gasteiger partial charge in [0.05, 0.1) is 13.7 Å². The van der Waals surface area contributed by atoms with Gasteiger partial charge in [-0.2, -0.15) is 0 Å². The van der Waals surface area contributed by atoms with Crippen LogP contribution in [0.2, 0.25) is 0 Å². The molecule has 1 atom stereocenters. The van der Waals surface area contributed by atoms with Crippen LogP contribution in [0, 0.1) is 5.92 Å². The molecule has 0 aromatic heterocycles. The molecule has 0 aromatic carbocycles. The lowest BCUT2D eigenvalue weighted by atomic mass is 9.92. The smallest absolute Gasteiger partial charge is 0.306 e. The van der Waals surface area contributed by atoms with E-state index in [0.29, 0.717) is 31.8 Å². The van der Waals surface area contributed by atoms with Crippen LogP contribution in [0.3, 0.4) is 0 Å². The number of nitrogens with zero attached hydrogens (tertiary/aromatic N) is 1. The van der Waals surface area contributed by atoms with Crippen LogP contribution in [-0.4, -0.2) is 63.3 Å². The molecule has 0 radical (unpaired) electrons. The van der Waals surface area contributed by atoms with Gasteiger partial charge in [0.25, 0.3) is 0 Å². The van der Waals surface area contributed by atoms with E-state index in [-0.39, 0.29) is 24.0 Å². The lowest BCUT2D eigenvalue weighted by Gasteiger charge is -2.18. The van der Waals surface area contributed by atoms with E-state index in [1.165, 1.54) is 58.5 Å². The highest BCUT2D eigenvalue weighted by atomic mass is 16.5. The molecule has 0 aliphatic carbocycles. The van der Waals surface area contributed by atoms with Crippen LogP contribution >= 0.6 is 0 Å². The van der Waals surface area contributed by atoms with Crippen molar-refractivity contribution < 1.29 is 28.6 Å². The summed E-state index contributed by atoms with van der Waals surface area (Å²) in [5.74, 6) is 0.431. The van der Waals surface area contributed by atoms with E-state index in [4.69, 9.17) is 14.2 Å². The van der Waals surface area contributed by atoms with Crippen LogP contribution in [0.25, 0.3) is 0 Å². The Morgan fingerprint density at radius 1 is 0.545 bits per heavy atom. The summed E-state index contributed by atoms with van der Waals surface area (Å²) in [6, 6.07) is 0. The third-order valence-corrected chi connectivity index (χ3v) is 8.55. The van der Waals surface area contributed by atoms with Gasteiger partial charge in [-0.15, -0.1) is 0 Å². The maximum absolute atomic E-state index is 12.4. The average Bonchev–Trinajstić information content (AvgIpc) is 2.99. The van der Waals surface area contributed by atoms with Crippen molar-refractivity contribution in [3.63, 3.8) is 0 Å². The fraction of sp³-hybridized carbons (Fsp3) is 0.919. The van der Waals surface area contributed by atoms with Gasteiger partial charge in [0, 0.05) is 19.3 Å². The second-order valence-corrected chi connectivity index (χ2v) is 13.1. The second-order valence-electron chi connectivity index (χ2n) is 13.1. The van der Waals surface area contributed by atoms with Gasteiger partial charge in [-0.25, -0.2) is 0 Å². The molecule has 0 rings (SSSR count). The Labute approximate surface area is 271 Å². The Morgan fingerprint density at radius 3 is 1.55 bits per heavy atom. The van der Waals surface area contributed by atoms with E-state index in [0.717, 1.165) is 96.4 Å². The number of unbranched alkanes of at least 4 members (excludes halogenated alkanes) is 12. The van der Waals surface area contributed by atoms with Gasteiger partial charge >= 0.3 is 17.9 Å². The number of hydrogen-bond donors (Lipinski definition) is 0. The minimum absolute atomic E-state index is 0.0142. The van der Waals surface area contributed by atoms with E-state index in [1.807, 2.05) is 14.1 Å². The summed E-state index contributed by atoms with van der Waals surface area (Å²) in [4.78, 5) is 38.1. The van der Waals surface area contributed by atoms with Crippen molar-refractivity contribution in [1.29, 1.82) is 0 Å². The van der Waals surface area contributed by atoms with Gasteiger partial charge in [-0.05, 0) is 77.9 Å². The highest BCUT2D eigenvalue weighted by Gasteiger charge is 2.15. The number of esters is 3. The zero-order valence-electron chi connectivity index (χ0n) is 29.6. The molecule has 0 N–H and O–H groups in total. The van der Waals surface area contributed by atoms with Crippen LogP contribution < -0.4 is 0 Å². The maximum atomic E-state index is 12.4. The first-order chi connectivity index (χ1) is 21.3. The van der Waals surface area contributed by atoms with Gasteiger partial charge in [-0.3, -0.25) is 14.4 Å². The molecule has 0 bridgehead atoms. The molecule has 0 aliphatic heterocycles. The lowest BCUT2D eigenvalue weighted by molar-refractivity contribution is -0.150. The highest BCUT2D eigenvalue weighted by molar-refractivity contribution is 5.70. The van der Waals surface area contributed by atoms with Crippen LogP contribution in [0.1, 0.15) is 174 Å². The van der Waals surface area contributed by atoms with Gasteiger partial charge in [0.15, 0.2) is 0 Å². The van der Waals surface area contributed by atoms with E-state index < -0.39 is 0 Å². The van der Waals surface area contributed by atoms with Crippen LogP contribution in [0.4, 0.5) is 0 Å². The molecule has 7 heteroatoms. The minimum Gasteiger partial charge on any atom is -0.469 e. The summed E-state index contributed by atoms with van der Waals surface area (Å²) in [6.07, 6.45) is 25.6. The van der Waals surface area contributed by atoms with Crippen LogP contribution in [-0.2, 0) is 28.6 Å². The molecule has 0 saturated heterocycles. The quantitative estimate of drug-likeness (QED) is 0.0418. The molecule has 0 aromatic rings. The summed E-state index contributed by atoms with van der Waals surface area (Å²) < 4.78 is 16.2. The van der Waals surface area contributed by atoms with Crippen LogP contribution in [0.5, 0.6) is 0 Å². The van der Waals surface area contributed by atoms with Gasteiger partial charge in [0.1, 0.15) is 6.10 Å². The molecule has 0 saturated carbocycles. The molecule has 44 heavy (non-hydrogen) atoms. The van der Waals surface area contributed by atoms with E-state index in [9.17, 15) is 14.4 Å². The Balaban J connectivity index is 4.21. The third kappa shape index (κ3) is 29.1. The molecule has 0 spiro atoms. The number of carbonyl (C=O) groups is 3. The molecule has 0 amide bonds. The first kappa shape index (κ1) is 42.4. The zero-order valence-corrected chi connectivity index (χ0v) is 29.6. The molecule has 0 heterocycles. The highest BCUT2D eigenvalue weighted by Crippen LogP contribution is 2.22. The number of hydrogen-bond acceptors (Lipinski definition) is 7. The number of carbonyl (C=O) groups excluding carboxylic acids is 3. The minimum atomic E-state index is -0.138. The summed E-state index contributed by atoms with van der Waals surface area (Å²) >= 11 is 0. The lowest BCUT2D eigenvalue weighted by Crippen LogP contribution is -2.20. The molecular formula is C37H71NO6. The van der Waals surface area contributed by atoms with E-state index in [1.54, 1.807) is 0 Å². The summed E-state index contributed by atoms with van der Waals surface area (Å²) in [7, 11) is 5.47. The van der Waals surface area contributed by atoms with Crippen molar-refractivity contribution in [2.45, 2.75) is 180 Å². The van der Waals surface area contributed by atoms with Crippen molar-refractivity contribution >= 4 is 17.9 Å². The third-order valence-electron chi connectivity index (χ3n) is 8.55. The Hall–Kier alpha value is -1.63. The first-order valence-corrected chi connectivity index (χ1v) is 18.4. The summed E-state index contributed by atoms with van der Waals surface area (Å²) in [6.45, 7) is 5.96. The second kappa shape index (κ2) is 31.4. The normalized spacial score (nSPS) is 12.1. The fourth-order valence-corrected chi connectivity index (χ4v) is 5.70. The van der Waals surface area contributed by atoms with Gasteiger partial charge < -0.3 is 19.1 Å². The van der Waals surface area contributed by atoms with Gasteiger partial charge in [-0.1, -0.05) is 104 Å². The number of methoxy groups -OCH3 is 1. The Bertz CT molecular complexity index is 673. The van der Waals surface area contributed by atoms with Crippen molar-refractivity contribution in [1.82, 2.24) is 4.90 Å². The zero-order chi connectivity index (χ0) is 32.7. The molecule has 260 valence electrons. The molecule has 7 nitrogen and oxygen atoms in total. The predicted octanol–water partition coefficient (Wildman–Crippen LogP) is 9.58. The summed E-state index contributed by atoms with van der Waals surface area (Å²) in [5.41, 5.74) is 0. The largest absolute Gasteiger partial charge is 0.469 e. The molecular weight excluding hydrogens is 554 g/mol. The fourth-order valence-electron chi connectivity index (χ4n) is 5.70. The van der Waals surface area contributed by atoms with Gasteiger partial charge in [0.2, 0.25) is 0 Å². The first-order valence-electron chi connectivity index (χ1n) is 18.4. The SMILES string of the molecule is CCCCCC(CCCCC)CCOC(=O)CCCCCCCC(CCCCCCCC(=O)OC)OC(=O)CCCN(C)C. The number of ether oxygens (including phenoxy) is 3. The Morgan fingerprint density at radius 2 is 1.02 bits per heavy atom. The Kier molecular flexibility index (Phi) is 30.2. The monoisotopic (exact) mass is 626 g/mol. The van der Waals surface area contributed by atoms with Crippen molar-refractivity contribution in [3.05, 3.63) is 0 Å². The molecule has 0 aliphatic rings. The van der Waals surface area contributed by atoms with E-state index >= 15 is 0 Å². The van der Waals surface area contributed by atoms with E-state index in [2.05, 4.69) is 18.7 Å². The maximum Gasteiger partial charge on any atom is 0.306 e. The van der Waals surface area contributed by atoms with Crippen molar-refractivity contribution in [3.8, 4) is 0 Å². The predicted molar refractivity (Wildman–Crippen MR) is 182 cm³/mol. The average molecular weight is 626 g/mol. The number of rotatable bonds is 32. The topological polar surface area (TPSA) is 82.1 Å². The molecule has 1 unspecified atom stereocenters. The summed E-state index contributed by atoms with van der Waals surface area (Å²) in [5, 5.41) is 0. The standard InChI is InChI=1S/C37H71NO6/c1-6-8-16-23-33(24-17-9-7-2)30-32-43-36(40)28-21-15-11-13-19-26-34(44-37(41)29-22-31-38(3)4)25-18-12-10-14-20-27-35(39)42-5/h33-34H,6-32H2,1-5H3. The van der Waals surface area contributed by atoms with Crippen LogP contribution in [0.15, 0.2) is 0 Å². The molecule has 0 fully saturated rings.